The monoisotopic (exact) mass is 262 g/mol. The van der Waals surface area contributed by atoms with Crippen molar-refractivity contribution in [2.24, 2.45) is 5.73 Å². The van der Waals surface area contributed by atoms with E-state index in [4.69, 9.17) is 5.73 Å². The van der Waals surface area contributed by atoms with Gasteiger partial charge >= 0.3 is 0 Å². The molecule has 1 aromatic rings. The number of carbonyl (C=O) groups excluding carboxylic acids is 1. The minimum Gasteiger partial charge on any atom is -0.338 e. The van der Waals surface area contributed by atoms with Gasteiger partial charge in [0.05, 0.1) is 0 Å². The molecule has 0 spiro atoms. The molecule has 2 N–H and O–H groups in total. The maximum Gasteiger partial charge on any atom is 0.222 e. The summed E-state index contributed by atoms with van der Waals surface area (Å²) >= 11 is 0. The van der Waals surface area contributed by atoms with E-state index in [0.29, 0.717) is 13.0 Å². The van der Waals surface area contributed by atoms with Crippen LogP contribution in [0.4, 0.5) is 0 Å². The summed E-state index contributed by atoms with van der Waals surface area (Å²) in [5.74, 6) is 0.198. The molecule has 0 saturated heterocycles. The first kappa shape index (κ1) is 15.7. The smallest absolute Gasteiger partial charge is 0.222 e. The molecule has 0 radical (unpaired) electrons. The van der Waals surface area contributed by atoms with Gasteiger partial charge in [-0.2, -0.15) is 0 Å². The summed E-state index contributed by atoms with van der Waals surface area (Å²) in [5.41, 5.74) is 6.84. The largest absolute Gasteiger partial charge is 0.338 e. The number of nitrogens with two attached hydrogens (primary N) is 1. The molecule has 3 nitrogen and oxygen atoms in total. The van der Waals surface area contributed by atoms with E-state index >= 15 is 0 Å². The molecule has 1 amide bonds. The van der Waals surface area contributed by atoms with Gasteiger partial charge in [0.25, 0.3) is 0 Å². The Morgan fingerprint density at radius 1 is 1.26 bits per heavy atom. The van der Waals surface area contributed by atoms with Gasteiger partial charge in [-0.15, -0.1) is 0 Å². The van der Waals surface area contributed by atoms with Crippen molar-refractivity contribution in [1.29, 1.82) is 0 Å². The first-order valence-corrected chi connectivity index (χ1v) is 7.03. The van der Waals surface area contributed by atoms with Crippen LogP contribution < -0.4 is 5.73 Å². The summed E-state index contributed by atoms with van der Waals surface area (Å²) < 4.78 is 0. The van der Waals surface area contributed by atoms with Crippen molar-refractivity contribution in [2.45, 2.75) is 52.1 Å². The Morgan fingerprint density at radius 3 is 2.42 bits per heavy atom. The van der Waals surface area contributed by atoms with E-state index in [9.17, 15) is 4.79 Å². The molecular formula is C16H26N2O. The molecule has 0 heterocycles. The summed E-state index contributed by atoms with van der Waals surface area (Å²) in [7, 11) is 0. The number of benzene rings is 1. The third-order valence-electron chi connectivity index (χ3n) is 3.05. The van der Waals surface area contributed by atoms with Gasteiger partial charge in [-0.05, 0) is 32.3 Å². The average molecular weight is 262 g/mol. The zero-order chi connectivity index (χ0) is 14.3. The number of rotatable bonds is 7. The Bertz CT molecular complexity index is 381. The Labute approximate surface area is 116 Å². The van der Waals surface area contributed by atoms with Crippen molar-refractivity contribution in [3.8, 4) is 0 Å². The van der Waals surface area contributed by atoms with Crippen molar-refractivity contribution >= 4 is 5.91 Å². The van der Waals surface area contributed by atoms with Gasteiger partial charge in [0.15, 0.2) is 0 Å². The average Bonchev–Trinajstić information content (AvgIpc) is 2.36. The van der Waals surface area contributed by atoms with Crippen molar-refractivity contribution in [3.05, 3.63) is 35.9 Å². The fourth-order valence-corrected chi connectivity index (χ4v) is 1.95. The summed E-state index contributed by atoms with van der Waals surface area (Å²) in [6, 6.07) is 10.1. The zero-order valence-corrected chi connectivity index (χ0v) is 12.4. The van der Waals surface area contributed by atoms with Crippen LogP contribution in [0.5, 0.6) is 0 Å². The number of nitrogens with zero attached hydrogens (tertiary/aromatic N) is 1. The maximum absolute atomic E-state index is 12.3. The van der Waals surface area contributed by atoms with E-state index in [1.54, 1.807) is 0 Å². The van der Waals surface area contributed by atoms with E-state index in [0.717, 1.165) is 19.4 Å². The second kappa shape index (κ2) is 7.29. The Kier molecular flexibility index (Phi) is 6.03. The molecule has 1 rings (SSSR count). The molecule has 0 bridgehead atoms. The van der Waals surface area contributed by atoms with Crippen LogP contribution in [0.15, 0.2) is 30.3 Å². The third-order valence-corrected chi connectivity index (χ3v) is 3.05. The van der Waals surface area contributed by atoms with Crippen LogP contribution >= 0.6 is 0 Å². The highest BCUT2D eigenvalue weighted by Crippen LogP contribution is 2.12. The van der Waals surface area contributed by atoms with Crippen molar-refractivity contribution in [3.63, 3.8) is 0 Å². The van der Waals surface area contributed by atoms with Crippen LogP contribution in [-0.4, -0.2) is 22.9 Å². The number of hydrogen-bond acceptors (Lipinski definition) is 2. The van der Waals surface area contributed by atoms with E-state index in [-0.39, 0.29) is 11.4 Å². The van der Waals surface area contributed by atoms with Crippen molar-refractivity contribution < 1.29 is 4.79 Å². The number of hydrogen-bond donors (Lipinski definition) is 1. The van der Waals surface area contributed by atoms with E-state index in [1.807, 2.05) is 36.9 Å². The van der Waals surface area contributed by atoms with Gasteiger partial charge in [-0.25, -0.2) is 0 Å². The predicted octanol–water partition coefficient (Wildman–Crippen LogP) is 2.94. The zero-order valence-electron chi connectivity index (χ0n) is 12.4. The molecule has 0 saturated carbocycles. The molecule has 0 unspecified atom stereocenters. The number of amides is 1. The minimum absolute atomic E-state index is 0.198. The number of carbonyl (C=O) groups is 1. The maximum atomic E-state index is 12.3. The summed E-state index contributed by atoms with van der Waals surface area (Å²) in [6.07, 6.45) is 2.22. The molecule has 0 fully saturated rings. The second-order valence-corrected chi connectivity index (χ2v) is 5.79. The highest BCUT2D eigenvalue weighted by atomic mass is 16.2. The van der Waals surface area contributed by atoms with Gasteiger partial charge < -0.3 is 10.6 Å². The summed E-state index contributed by atoms with van der Waals surface area (Å²) in [5, 5.41) is 0. The van der Waals surface area contributed by atoms with Crippen LogP contribution in [-0.2, 0) is 11.3 Å². The normalized spacial score (nSPS) is 11.4. The lowest BCUT2D eigenvalue weighted by atomic mass is 9.99. The highest BCUT2D eigenvalue weighted by Gasteiger charge is 2.17. The lowest BCUT2D eigenvalue weighted by Gasteiger charge is -2.24. The molecule has 106 valence electrons. The van der Waals surface area contributed by atoms with Crippen LogP contribution in [0.2, 0.25) is 0 Å². The first-order valence-electron chi connectivity index (χ1n) is 7.03. The molecule has 1 aromatic carbocycles. The first-order chi connectivity index (χ1) is 8.92. The van der Waals surface area contributed by atoms with Gasteiger partial charge in [0.2, 0.25) is 5.91 Å². The summed E-state index contributed by atoms with van der Waals surface area (Å²) in [6.45, 7) is 7.51. The van der Waals surface area contributed by atoms with Crippen LogP contribution in [0.25, 0.3) is 0 Å². The lowest BCUT2D eigenvalue weighted by Crippen LogP contribution is -2.36. The molecule has 19 heavy (non-hydrogen) atoms. The molecular weight excluding hydrogens is 236 g/mol. The summed E-state index contributed by atoms with van der Waals surface area (Å²) in [4.78, 5) is 14.2. The van der Waals surface area contributed by atoms with Crippen molar-refractivity contribution in [2.75, 3.05) is 6.54 Å². The third kappa shape index (κ3) is 6.39. The van der Waals surface area contributed by atoms with Crippen LogP contribution in [0, 0.1) is 0 Å². The van der Waals surface area contributed by atoms with Crippen LogP contribution in [0.3, 0.4) is 0 Å². The standard InChI is InChI=1S/C16H26N2O/c1-4-12-18(13-14-8-6-5-7-9-14)15(19)10-11-16(2,3)17/h5-9H,4,10-13,17H2,1-3H3. The molecule has 0 atom stereocenters. The lowest BCUT2D eigenvalue weighted by molar-refractivity contribution is -0.132. The topological polar surface area (TPSA) is 46.3 Å². The van der Waals surface area contributed by atoms with E-state index < -0.39 is 0 Å². The predicted molar refractivity (Wildman–Crippen MR) is 79.7 cm³/mol. The molecule has 0 aliphatic rings. The molecule has 0 aromatic heterocycles. The van der Waals surface area contributed by atoms with E-state index in [1.165, 1.54) is 5.56 Å². The quantitative estimate of drug-likeness (QED) is 0.821. The molecule has 3 heteroatoms. The van der Waals surface area contributed by atoms with E-state index in [2.05, 4.69) is 19.1 Å². The van der Waals surface area contributed by atoms with Gasteiger partial charge in [-0.3, -0.25) is 4.79 Å². The Hall–Kier alpha value is -1.35. The second-order valence-electron chi connectivity index (χ2n) is 5.79. The molecule has 0 aliphatic carbocycles. The van der Waals surface area contributed by atoms with Gasteiger partial charge in [0.1, 0.15) is 0 Å². The Balaban J connectivity index is 2.59. The van der Waals surface area contributed by atoms with Crippen LogP contribution in [0.1, 0.15) is 45.6 Å². The SMILES string of the molecule is CCCN(Cc1ccccc1)C(=O)CCC(C)(C)N. The van der Waals surface area contributed by atoms with Gasteiger partial charge in [-0.1, -0.05) is 37.3 Å². The fourth-order valence-electron chi connectivity index (χ4n) is 1.95. The highest BCUT2D eigenvalue weighted by molar-refractivity contribution is 5.76. The van der Waals surface area contributed by atoms with Crippen molar-refractivity contribution in [1.82, 2.24) is 4.90 Å². The minimum atomic E-state index is -0.277. The Morgan fingerprint density at radius 2 is 1.89 bits per heavy atom. The fraction of sp³-hybridized carbons (Fsp3) is 0.562. The van der Waals surface area contributed by atoms with Gasteiger partial charge in [0, 0.05) is 25.0 Å². The molecule has 0 aliphatic heterocycles.